The second kappa shape index (κ2) is 7.04. The van der Waals surface area contributed by atoms with Crippen molar-refractivity contribution in [2.45, 2.75) is 20.8 Å². The lowest BCUT2D eigenvalue weighted by atomic mass is 10.1. The molecule has 0 aliphatic rings. The molecule has 0 spiro atoms. The van der Waals surface area contributed by atoms with Crippen molar-refractivity contribution >= 4 is 5.97 Å². The van der Waals surface area contributed by atoms with Crippen LogP contribution in [0.5, 0.6) is 0 Å². The summed E-state index contributed by atoms with van der Waals surface area (Å²) in [5.74, 6) is -0.482. The Kier molecular flexibility index (Phi) is 5.66. The predicted molar refractivity (Wildman–Crippen MR) is 63.8 cm³/mol. The molecule has 1 aromatic rings. The molecule has 0 aliphatic heterocycles. The molecule has 0 atom stereocenters. The minimum absolute atomic E-state index is 0.240. The maximum atomic E-state index is 11.6. The standard InChI is InChI=1S/C13H18O4/c1-4-15-7-8-16-17-13(14)12-6-5-10(2)11(3)9-12/h5-6,9H,4,7-8H2,1-3H3. The fraction of sp³-hybridized carbons (Fsp3) is 0.462. The van der Waals surface area contributed by atoms with Gasteiger partial charge < -0.3 is 4.74 Å². The molecular weight excluding hydrogens is 220 g/mol. The molecule has 0 bridgehead atoms. The zero-order valence-electron chi connectivity index (χ0n) is 10.5. The molecule has 0 saturated heterocycles. The van der Waals surface area contributed by atoms with Crippen molar-refractivity contribution in [3.63, 3.8) is 0 Å². The number of aryl methyl sites for hydroxylation is 2. The van der Waals surface area contributed by atoms with Crippen molar-refractivity contribution in [1.29, 1.82) is 0 Å². The quantitative estimate of drug-likeness (QED) is 0.434. The van der Waals surface area contributed by atoms with Gasteiger partial charge in [0, 0.05) is 6.61 Å². The third-order valence-electron chi connectivity index (χ3n) is 2.39. The van der Waals surface area contributed by atoms with E-state index in [1.165, 1.54) is 0 Å². The highest BCUT2D eigenvalue weighted by atomic mass is 17.2. The minimum Gasteiger partial charge on any atom is -0.379 e. The molecular formula is C13H18O4. The number of benzene rings is 1. The Morgan fingerprint density at radius 2 is 1.94 bits per heavy atom. The van der Waals surface area contributed by atoms with Crippen molar-refractivity contribution in [2.75, 3.05) is 19.8 Å². The van der Waals surface area contributed by atoms with Gasteiger partial charge in [0.1, 0.15) is 6.61 Å². The molecule has 1 aromatic carbocycles. The van der Waals surface area contributed by atoms with Gasteiger partial charge in [0.05, 0.1) is 12.2 Å². The summed E-state index contributed by atoms with van der Waals surface area (Å²) in [6, 6.07) is 5.38. The zero-order valence-corrected chi connectivity index (χ0v) is 10.5. The third kappa shape index (κ3) is 4.54. The van der Waals surface area contributed by atoms with Crippen molar-refractivity contribution < 1.29 is 19.3 Å². The smallest absolute Gasteiger partial charge is 0.373 e. The van der Waals surface area contributed by atoms with Crippen LogP contribution in [0.1, 0.15) is 28.4 Å². The maximum Gasteiger partial charge on any atom is 0.373 e. The van der Waals surface area contributed by atoms with E-state index in [0.717, 1.165) is 11.1 Å². The average Bonchev–Trinajstić information content (AvgIpc) is 2.32. The van der Waals surface area contributed by atoms with Crippen LogP contribution >= 0.6 is 0 Å². The molecule has 0 aliphatic carbocycles. The average molecular weight is 238 g/mol. The van der Waals surface area contributed by atoms with E-state index in [4.69, 9.17) is 9.62 Å². The van der Waals surface area contributed by atoms with Gasteiger partial charge in [-0.25, -0.2) is 4.79 Å². The predicted octanol–water partition coefficient (Wildman–Crippen LogP) is 2.43. The first-order valence-corrected chi connectivity index (χ1v) is 5.64. The maximum absolute atomic E-state index is 11.6. The summed E-state index contributed by atoms with van der Waals surface area (Å²) >= 11 is 0. The van der Waals surface area contributed by atoms with Crippen LogP contribution in [0.3, 0.4) is 0 Å². The number of carbonyl (C=O) groups is 1. The van der Waals surface area contributed by atoms with Gasteiger partial charge in [0.25, 0.3) is 0 Å². The van der Waals surface area contributed by atoms with Crippen LogP contribution in [0, 0.1) is 13.8 Å². The topological polar surface area (TPSA) is 44.8 Å². The van der Waals surface area contributed by atoms with Crippen molar-refractivity contribution in [3.8, 4) is 0 Å². The Hall–Kier alpha value is -1.39. The van der Waals surface area contributed by atoms with Crippen LogP contribution in [-0.4, -0.2) is 25.8 Å². The van der Waals surface area contributed by atoms with E-state index in [0.29, 0.717) is 18.8 Å². The SMILES string of the molecule is CCOCCOOC(=O)c1ccc(C)c(C)c1. The van der Waals surface area contributed by atoms with Gasteiger partial charge in [0.15, 0.2) is 0 Å². The first-order valence-electron chi connectivity index (χ1n) is 5.64. The molecule has 0 fully saturated rings. The monoisotopic (exact) mass is 238 g/mol. The third-order valence-corrected chi connectivity index (χ3v) is 2.39. The Balaban J connectivity index is 2.39. The zero-order chi connectivity index (χ0) is 12.7. The van der Waals surface area contributed by atoms with E-state index in [-0.39, 0.29) is 6.61 Å². The van der Waals surface area contributed by atoms with Gasteiger partial charge in [-0.05, 0) is 44.0 Å². The Labute approximate surface area is 101 Å². The Bertz CT molecular complexity index is 374. The van der Waals surface area contributed by atoms with E-state index >= 15 is 0 Å². The number of rotatable bonds is 6. The Morgan fingerprint density at radius 3 is 2.59 bits per heavy atom. The molecule has 0 N–H and O–H groups in total. The summed E-state index contributed by atoms with van der Waals surface area (Å²) in [5.41, 5.74) is 2.68. The molecule has 4 nitrogen and oxygen atoms in total. The molecule has 1 rings (SSSR count). The van der Waals surface area contributed by atoms with Crippen LogP contribution in [0.2, 0.25) is 0 Å². The van der Waals surface area contributed by atoms with Crippen LogP contribution in [0.25, 0.3) is 0 Å². The lowest BCUT2D eigenvalue weighted by Gasteiger charge is -2.05. The fourth-order valence-electron chi connectivity index (χ4n) is 1.25. The number of hydrogen-bond donors (Lipinski definition) is 0. The van der Waals surface area contributed by atoms with Gasteiger partial charge in [-0.15, -0.1) is 0 Å². The van der Waals surface area contributed by atoms with Gasteiger partial charge in [-0.3, -0.25) is 4.89 Å². The van der Waals surface area contributed by atoms with Crippen LogP contribution in [0.15, 0.2) is 18.2 Å². The minimum atomic E-state index is -0.482. The van der Waals surface area contributed by atoms with Crippen molar-refractivity contribution in [2.24, 2.45) is 0 Å². The largest absolute Gasteiger partial charge is 0.379 e. The molecule has 0 radical (unpaired) electrons. The molecule has 0 aromatic heterocycles. The summed E-state index contributed by atoms with van der Waals surface area (Å²) in [6.07, 6.45) is 0. The first-order chi connectivity index (χ1) is 8.15. The number of hydrogen-bond acceptors (Lipinski definition) is 4. The van der Waals surface area contributed by atoms with Crippen LogP contribution in [0.4, 0.5) is 0 Å². The Morgan fingerprint density at radius 1 is 1.18 bits per heavy atom. The van der Waals surface area contributed by atoms with Crippen molar-refractivity contribution in [1.82, 2.24) is 0 Å². The van der Waals surface area contributed by atoms with E-state index in [1.807, 2.05) is 26.8 Å². The first kappa shape index (κ1) is 13.7. The number of ether oxygens (including phenoxy) is 1. The van der Waals surface area contributed by atoms with Crippen LogP contribution in [-0.2, 0) is 14.5 Å². The summed E-state index contributed by atoms with van der Waals surface area (Å²) < 4.78 is 5.04. The highest BCUT2D eigenvalue weighted by molar-refractivity contribution is 5.89. The normalized spacial score (nSPS) is 10.3. The summed E-state index contributed by atoms with van der Waals surface area (Å²) in [6.45, 7) is 7.10. The molecule has 0 unspecified atom stereocenters. The summed E-state index contributed by atoms with van der Waals surface area (Å²) in [5, 5.41) is 0. The number of carbonyl (C=O) groups excluding carboxylic acids is 1. The molecule has 0 heterocycles. The molecule has 0 amide bonds. The highest BCUT2D eigenvalue weighted by Crippen LogP contribution is 2.10. The van der Waals surface area contributed by atoms with Gasteiger partial charge in [-0.2, -0.15) is 4.89 Å². The van der Waals surface area contributed by atoms with E-state index in [2.05, 4.69) is 4.89 Å². The van der Waals surface area contributed by atoms with Gasteiger partial charge in [0.2, 0.25) is 0 Å². The van der Waals surface area contributed by atoms with Gasteiger partial charge >= 0.3 is 5.97 Å². The van der Waals surface area contributed by atoms with Gasteiger partial charge in [-0.1, -0.05) is 6.07 Å². The molecule has 4 heteroatoms. The summed E-state index contributed by atoms with van der Waals surface area (Å²) in [7, 11) is 0. The molecule has 17 heavy (non-hydrogen) atoms. The fourth-order valence-corrected chi connectivity index (χ4v) is 1.25. The van der Waals surface area contributed by atoms with Crippen LogP contribution < -0.4 is 0 Å². The molecule has 94 valence electrons. The van der Waals surface area contributed by atoms with Crippen molar-refractivity contribution in [3.05, 3.63) is 34.9 Å². The van der Waals surface area contributed by atoms with E-state index < -0.39 is 5.97 Å². The van der Waals surface area contributed by atoms with E-state index in [9.17, 15) is 4.79 Å². The lowest BCUT2D eigenvalue weighted by molar-refractivity contribution is -0.247. The second-order valence-corrected chi connectivity index (χ2v) is 3.69. The molecule has 0 saturated carbocycles. The lowest BCUT2D eigenvalue weighted by Crippen LogP contribution is -2.10. The summed E-state index contributed by atoms with van der Waals surface area (Å²) in [4.78, 5) is 21.0. The second-order valence-electron chi connectivity index (χ2n) is 3.69. The van der Waals surface area contributed by atoms with E-state index in [1.54, 1.807) is 12.1 Å². The highest BCUT2D eigenvalue weighted by Gasteiger charge is 2.08.